The number of piperidine rings is 1. The van der Waals surface area contributed by atoms with E-state index in [0.29, 0.717) is 0 Å². The van der Waals surface area contributed by atoms with Gasteiger partial charge in [-0.15, -0.1) is 11.3 Å². The highest BCUT2D eigenvalue weighted by Crippen LogP contribution is 2.23. The minimum Gasteiger partial charge on any atom is -0.497 e. The standard InChI is InChI=1S/C24H35N5OS/c1-25-24(26-18-20-8-10-27(11-9-20)19-23-7-4-16-31-23)29-14-12-28(13-15-29)21-5-3-6-22(17-21)30-2/h3-7,16-17,20H,8-15,18-19H2,1-2H3,(H,25,26). The fourth-order valence-corrected chi connectivity index (χ4v) is 5.27. The van der Waals surface area contributed by atoms with E-state index >= 15 is 0 Å². The lowest BCUT2D eigenvalue weighted by Crippen LogP contribution is -2.53. The van der Waals surface area contributed by atoms with E-state index in [1.807, 2.05) is 24.5 Å². The highest BCUT2D eigenvalue weighted by molar-refractivity contribution is 7.09. The number of methoxy groups -OCH3 is 1. The number of anilines is 1. The molecule has 0 spiro atoms. The van der Waals surface area contributed by atoms with Crippen molar-refractivity contribution >= 4 is 23.0 Å². The van der Waals surface area contributed by atoms with E-state index in [4.69, 9.17) is 4.74 Å². The summed E-state index contributed by atoms with van der Waals surface area (Å²) in [6.45, 7) is 8.48. The lowest BCUT2D eigenvalue weighted by molar-refractivity contribution is 0.178. The molecular formula is C24H35N5OS. The minimum atomic E-state index is 0.731. The molecule has 2 fully saturated rings. The van der Waals surface area contributed by atoms with E-state index in [1.54, 1.807) is 7.11 Å². The van der Waals surface area contributed by atoms with Gasteiger partial charge in [0.25, 0.3) is 0 Å². The van der Waals surface area contributed by atoms with E-state index in [2.05, 4.69) is 60.7 Å². The summed E-state index contributed by atoms with van der Waals surface area (Å²) in [4.78, 5) is 13.5. The molecule has 0 radical (unpaired) electrons. The fourth-order valence-electron chi connectivity index (χ4n) is 4.52. The van der Waals surface area contributed by atoms with Crippen LogP contribution in [0.2, 0.25) is 0 Å². The van der Waals surface area contributed by atoms with Gasteiger partial charge in [0, 0.05) is 62.9 Å². The van der Waals surface area contributed by atoms with E-state index in [0.717, 1.165) is 56.9 Å². The second-order valence-electron chi connectivity index (χ2n) is 8.40. The molecule has 1 aromatic carbocycles. The molecule has 0 unspecified atom stereocenters. The number of piperazine rings is 1. The van der Waals surface area contributed by atoms with Gasteiger partial charge in [0.15, 0.2) is 5.96 Å². The average molecular weight is 442 g/mol. The van der Waals surface area contributed by atoms with Crippen LogP contribution in [0.15, 0.2) is 46.8 Å². The summed E-state index contributed by atoms with van der Waals surface area (Å²) in [6.07, 6.45) is 2.53. The maximum absolute atomic E-state index is 5.38. The Kier molecular flexibility index (Phi) is 7.70. The van der Waals surface area contributed by atoms with Crippen LogP contribution in [0.1, 0.15) is 17.7 Å². The Morgan fingerprint density at radius 3 is 2.58 bits per heavy atom. The number of hydrogen-bond acceptors (Lipinski definition) is 5. The molecule has 4 rings (SSSR count). The Morgan fingerprint density at radius 1 is 1.10 bits per heavy atom. The molecule has 2 saturated heterocycles. The Morgan fingerprint density at radius 2 is 1.90 bits per heavy atom. The van der Waals surface area contributed by atoms with Gasteiger partial charge in [-0.2, -0.15) is 0 Å². The summed E-state index contributed by atoms with van der Waals surface area (Å²) < 4.78 is 5.38. The summed E-state index contributed by atoms with van der Waals surface area (Å²) >= 11 is 1.87. The number of benzene rings is 1. The third kappa shape index (κ3) is 5.92. The van der Waals surface area contributed by atoms with E-state index in [9.17, 15) is 0 Å². The van der Waals surface area contributed by atoms with Crippen LogP contribution in [0, 0.1) is 5.92 Å². The number of nitrogens with zero attached hydrogens (tertiary/aromatic N) is 4. The van der Waals surface area contributed by atoms with Crippen LogP contribution in [0.3, 0.4) is 0 Å². The van der Waals surface area contributed by atoms with Crippen molar-refractivity contribution < 1.29 is 4.74 Å². The normalized spacial score (nSPS) is 19.0. The van der Waals surface area contributed by atoms with Crippen molar-refractivity contribution in [3.8, 4) is 5.75 Å². The maximum Gasteiger partial charge on any atom is 0.193 e. The number of likely N-dealkylation sites (tertiary alicyclic amines) is 1. The highest BCUT2D eigenvalue weighted by Gasteiger charge is 2.23. The lowest BCUT2D eigenvalue weighted by Gasteiger charge is -2.38. The smallest absolute Gasteiger partial charge is 0.193 e. The first kappa shape index (κ1) is 22.0. The summed E-state index contributed by atoms with van der Waals surface area (Å²) in [5, 5.41) is 5.84. The fraction of sp³-hybridized carbons (Fsp3) is 0.542. The molecule has 0 amide bonds. The van der Waals surface area contributed by atoms with Crippen LogP contribution in [-0.4, -0.2) is 75.7 Å². The number of rotatable bonds is 6. The van der Waals surface area contributed by atoms with Crippen LogP contribution >= 0.6 is 11.3 Å². The number of nitrogens with one attached hydrogen (secondary N) is 1. The molecular weight excluding hydrogens is 406 g/mol. The predicted molar refractivity (Wildman–Crippen MR) is 130 cm³/mol. The van der Waals surface area contributed by atoms with Crippen LogP contribution in [0.25, 0.3) is 0 Å². The topological polar surface area (TPSA) is 43.3 Å². The van der Waals surface area contributed by atoms with Gasteiger partial charge in [-0.05, 0) is 55.4 Å². The first-order valence-electron chi connectivity index (χ1n) is 11.3. The van der Waals surface area contributed by atoms with Gasteiger partial charge >= 0.3 is 0 Å². The van der Waals surface area contributed by atoms with Crippen molar-refractivity contribution in [2.24, 2.45) is 10.9 Å². The Labute approximate surface area is 190 Å². The monoisotopic (exact) mass is 441 g/mol. The minimum absolute atomic E-state index is 0.731. The zero-order valence-electron chi connectivity index (χ0n) is 18.8. The maximum atomic E-state index is 5.38. The van der Waals surface area contributed by atoms with Crippen molar-refractivity contribution in [3.05, 3.63) is 46.7 Å². The second kappa shape index (κ2) is 10.9. The first-order valence-corrected chi connectivity index (χ1v) is 12.2. The molecule has 0 bridgehead atoms. The number of guanidine groups is 1. The van der Waals surface area contributed by atoms with Crippen molar-refractivity contribution in [2.75, 3.05) is 64.9 Å². The molecule has 6 nitrogen and oxygen atoms in total. The molecule has 3 heterocycles. The van der Waals surface area contributed by atoms with Crippen molar-refractivity contribution in [1.82, 2.24) is 15.1 Å². The van der Waals surface area contributed by atoms with E-state index < -0.39 is 0 Å². The first-order chi connectivity index (χ1) is 15.2. The van der Waals surface area contributed by atoms with E-state index in [-0.39, 0.29) is 0 Å². The number of hydrogen-bond donors (Lipinski definition) is 1. The van der Waals surface area contributed by atoms with Crippen LogP contribution in [0.4, 0.5) is 5.69 Å². The molecule has 7 heteroatoms. The van der Waals surface area contributed by atoms with Gasteiger partial charge < -0.3 is 19.9 Å². The van der Waals surface area contributed by atoms with Gasteiger partial charge in [0.1, 0.15) is 5.75 Å². The zero-order valence-corrected chi connectivity index (χ0v) is 19.6. The average Bonchev–Trinajstić information content (AvgIpc) is 3.34. The van der Waals surface area contributed by atoms with Crippen molar-refractivity contribution in [1.29, 1.82) is 0 Å². The molecule has 0 atom stereocenters. The largest absolute Gasteiger partial charge is 0.497 e. The number of thiophene rings is 1. The quantitative estimate of drug-likeness (QED) is 0.550. The summed E-state index contributed by atoms with van der Waals surface area (Å²) in [7, 11) is 3.63. The highest BCUT2D eigenvalue weighted by atomic mass is 32.1. The molecule has 168 valence electrons. The zero-order chi connectivity index (χ0) is 21.5. The number of aliphatic imine (C=N–C) groups is 1. The second-order valence-corrected chi connectivity index (χ2v) is 9.43. The van der Waals surface area contributed by atoms with Gasteiger partial charge in [0.2, 0.25) is 0 Å². The van der Waals surface area contributed by atoms with Gasteiger partial charge in [0.05, 0.1) is 7.11 Å². The molecule has 2 aromatic rings. The molecule has 2 aliphatic rings. The third-order valence-electron chi connectivity index (χ3n) is 6.43. The molecule has 0 saturated carbocycles. The Bertz CT molecular complexity index is 824. The summed E-state index contributed by atoms with van der Waals surface area (Å²) in [5.74, 6) is 2.69. The number of ether oxygens (including phenoxy) is 1. The molecule has 1 aromatic heterocycles. The Balaban J connectivity index is 1.20. The van der Waals surface area contributed by atoms with Crippen molar-refractivity contribution in [3.63, 3.8) is 0 Å². The molecule has 1 N–H and O–H groups in total. The van der Waals surface area contributed by atoms with Crippen LogP contribution < -0.4 is 15.0 Å². The van der Waals surface area contributed by atoms with Crippen LogP contribution in [-0.2, 0) is 6.54 Å². The third-order valence-corrected chi connectivity index (χ3v) is 7.29. The summed E-state index contributed by atoms with van der Waals surface area (Å²) in [6, 6.07) is 12.7. The predicted octanol–water partition coefficient (Wildman–Crippen LogP) is 3.37. The van der Waals surface area contributed by atoms with Gasteiger partial charge in [-0.3, -0.25) is 9.89 Å². The van der Waals surface area contributed by atoms with Gasteiger partial charge in [-0.25, -0.2) is 0 Å². The SMILES string of the molecule is CN=C(NCC1CCN(Cc2cccs2)CC1)N1CCN(c2cccc(OC)c2)CC1. The van der Waals surface area contributed by atoms with Gasteiger partial charge in [-0.1, -0.05) is 12.1 Å². The molecule has 0 aliphatic carbocycles. The molecule has 2 aliphatic heterocycles. The Hall–Kier alpha value is -2.25. The van der Waals surface area contributed by atoms with Crippen LogP contribution in [0.5, 0.6) is 5.75 Å². The lowest BCUT2D eigenvalue weighted by atomic mass is 9.97. The van der Waals surface area contributed by atoms with E-state index in [1.165, 1.54) is 36.5 Å². The summed E-state index contributed by atoms with van der Waals surface area (Å²) in [5.41, 5.74) is 1.23. The molecule has 31 heavy (non-hydrogen) atoms. The van der Waals surface area contributed by atoms with Crippen molar-refractivity contribution in [2.45, 2.75) is 19.4 Å².